The summed E-state index contributed by atoms with van der Waals surface area (Å²) < 4.78 is 12.1. The van der Waals surface area contributed by atoms with Crippen molar-refractivity contribution < 1.29 is 14.3 Å². The number of nitrogens with one attached hydrogen (secondary N) is 1. The first-order valence-corrected chi connectivity index (χ1v) is 7.08. The second kappa shape index (κ2) is 7.36. The van der Waals surface area contributed by atoms with Crippen molar-refractivity contribution in [3.63, 3.8) is 0 Å². The Bertz CT molecular complexity index is 744. The molecule has 0 radical (unpaired) electrons. The predicted molar refractivity (Wildman–Crippen MR) is 87.5 cm³/mol. The van der Waals surface area contributed by atoms with Gasteiger partial charge in [-0.1, -0.05) is 0 Å². The third-order valence-corrected chi connectivity index (χ3v) is 3.35. The molecule has 0 fully saturated rings. The second-order valence-electron chi connectivity index (χ2n) is 4.81. The zero-order valence-corrected chi connectivity index (χ0v) is 13.4. The molecule has 120 valence electrons. The minimum absolute atomic E-state index is 0.219. The number of benzene rings is 1. The molecule has 0 aliphatic carbocycles. The zero-order valence-electron chi connectivity index (χ0n) is 13.4. The summed E-state index contributed by atoms with van der Waals surface area (Å²) in [5.74, 6) is 3.60. The second-order valence-corrected chi connectivity index (χ2v) is 4.81. The summed E-state index contributed by atoms with van der Waals surface area (Å²) in [6, 6.07) is 7.14. The minimum atomic E-state index is -0.219. The van der Waals surface area contributed by atoms with Crippen LogP contribution in [0.4, 0.5) is 0 Å². The van der Waals surface area contributed by atoms with Gasteiger partial charge in [-0.15, -0.1) is 12.3 Å². The van der Waals surface area contributed by atoms with Gasteiger partial charge in [0.05, 0.1) is 19.9 Å². The maximum atomic E-state index is 12.2. The molecule has 6 nitrogen and oxygen atoms in total. The Morgan fingerprint density at radius 1 is 1.35 bits per heavy atom. The third-order valence-electron chi connectivity index (χ3n) is 3.35. The van der Waals surface area contributed by atoms with Crippen molar-refractivity contribution in [2.45, 2.75) is 6.42 Å². The quantitative estimate of drug-likeness (QED) is 0.653. The van der Waals surface area contributed by atoms with Crippen LogP contribution < -0.4 is 14.8 Å². The highest BCUT2D eigenvalue weighted by molar-refractivity contribution is 5.94. The lowest BCUT2D eigenvalue weighted by molar-refractivity contribution is 0.0945. The van der Waals surface area contributed by atoms with Crippen LogP contribution in [0.25, 0.3) is 11.3 Å². The van der Waals surface area contributed by atoms with Crippen molar-refractivity contribution >= 4 is 5.91 Å². The number of rotatable bonds is 6. The van der Waals surface area contributed by atoms with Gasteiger partial charge in [0.1, 0.15) is 17.2 Å². The minimum Gasteiger partial charge on any atom is -0.497 e. The molecule has 0 saturated heterocycles. The first-order chi connectivity index (χ1) is 11.1. The molecule has 2 rings (SSSR count). The number of hydrogen-bond acceptors (Lipinski definition) is 4. The summed E-state index contributed by atoms with van der Waals surface area (Å²) in [6.07, 6.45) is 5.66. The fraction of sp³-hybridized carbons (Fsp3) is 0.294. The summed E-state index contributed by atoms with van der Waals surface area (Å²) in [6.45, 7) is 0.429. The van der Waals surface area contributed by atoms with Crippen molar-refractivity contribution in [2.75, 3.05) is 20.8 Å². The van der Waals surface area contributed by atoms with E-state index in [1.807, 2.05) is 6.07 Å². The highest BCUT2D eigenvalue weighted by Crippen LogP contribution is 2.32. The maximum absolute atomic E-state index is 12.2. The molecule has 0 atom stereocenters. The van der Waals surface area contributed by atoms with E-state index in [1.165, 1.54) is 4.68 Å². The van der Waals surface area contributed by atoms with Crippen LogP contribution in [0.1, 0.15) is 16.9 Å². The number of hydrogen-bond donors (Lipinski definition) is 1. The number of carbonyl (C=O) groups excluding carboxylic acids is 1. The average molecular weight is 313 g/mol. The number of methoxy groups -OCH3 is 2. The predicted octanol–water partition coefficient (Wildman–Crippen LogP) is 1.86. The van der Waals surface area contributed by atoms with E-state index < -0.39 is 0 Å². The van der Waals surface area contributed by atoms with Crippen LogP contribution in [0.5, 0.6) is 11.5 Å². The van der Waals surface area contributed by atoms with Crippen molar-refractivity contribution in [1.82, 2.24) is 15.1 Å². The molecule has 0 unspecified atom stereocenters. The van der Waals surface area contributed by atoms with Crippen LogP contribution >= 0.6 is 0 Å². The molecule has 0 spiro atoms. The number of carbonyl (C=O) groups is 1. The van der Waals surface area contributed by atoms with E-state index >= 15 is 0 Å². The van der Waals surface area contributed by atoms with Gasteiger partial charge in [0.2, 0.25) is 0 Å². The lowest BCUT2D eigenvalue weighted by Crippen LogP contribution is -2.26. The average Bonchev–Trinajstić information content (AvgIpc) is 2.96. The lowest BCUT2D eigenvalue weighted by Gasteiger charge is -2.08. The van der Waals surface area contributed by atoms with Crippen molar-refractivity contribution in [3.8, 4) is 35.1 Å². The third kappa shape index (κ3) is 3.64. The summed E-state index contributed by atoms with van der Waals surface area (Å²) in [5, 5.41) is 7.15. The Balaban J connectivity index is 2.34. The standard InChI is InChI=1S/C17H19N3O3/c1-5-6-9-18-17(21)15-11-14(19-20(15)2)13-10-12(22-3)7-8-16(13)23-4/h1,7-8,10-11H,6,9H2,2-4H3,(H,18,21). The van der Waals surface area contributed by atoms with Gasteiger partial charge in [-0.2, -0.15) is 5.10 Å². The molecule has 1 amide bonds. The van der Waals surface area contributed by atoms with Gasteiger partial charge < -0.3 is 14.8 Å². The Morgan fingerprint density at radius 2 is 2.13 bits per heavy atom. The smallest absolute Gasteiger partial charge is 0.269 e. The number of nitrogens with zero attached hydrogens (tertiary/aromatic N) is 2. The molecule has 6 heteroatoms. The van der Waals surface area contributed by atoms with Crippen LogP contribution in [0, 0.1) is 12.3 Å². The highest BCUT2D eigenvalue weighted by atomic mass is 16.5. The first kappa shape index (κ1) is 16.4. The van der Waals surface area contributed by atoms with E-state index in [-0.39, 0.29) is 5.91 Å². The summed E-state index contributed by atoms with van der Waals surface area (Å²) in [5.41, 5.74) is 1.83. The first-order valence-electron chi connectivity index (χ1n) is 7.08. The Labute approximate surface area is 135 Å². The topological polar surface area (TPSA) is 65.4 Å². The largest absolute Gasteiger partial charge is 0.497 e. The van der Waals surface area contributed by atoms with Gasteiger partial charge in [0.15, 0.2) is 0 Å². The number of terminal acetylenes is 1. The van der Waals surface area contributed by atoms with E-state index in [0.29, 0.717) is 35.9 Å². The number of amides is 1. The van der Waals surface area contributed by atoms with E-state index in [0.717, 1.165) is 5.56 Å². The molecule has 0 aliphatic heterocycles. The molecule has 2 aromatic rings. The molecule has 1 N–H and O–H groups in total. The summed E-state index contributed by atoms with van der Waals surface area (Å²) >= 11 is 0. The summed E-state index contributed by atoms with van der Waals surface area (Å²) in [4.78, 5) is 12.2. The molecule has 0 saturated carbocycles. The van der Waals surface area contributed by atoms with Gasteiger partial charge in [-0.3, -0.25) is 9.48 Å². The Morgan fingerprint density at radius 3 is 2.78 bits per heavy atom. The van der Waals surface area contributed by atoms with Crippen LogP contribution in [0.15, 0.2) is 24.3 Å². The molecule has 0 aliphatic rings. The van der Waals surface area contributed by atoms with E-state index in [1.54, 1.807) is 39.5 Å². The van der Waals surface area contributed by atoms with Crippen LogP contribution in [0.2, 0.25) is 0 Å². The zero-order chi connectivity index (χ0) is 16.8. The molecule has 23 heavy (non-hydrogen) atoms. The van der Waals surface area contributed by atoms with Crippen molar-refractivity contribution in [2.24, 2.45) is 7.05 Å². The fourth-order valence-electron chi connectivity index (χ4n) is 2.16. The maximum Gasteiger partial charge on any atom is 0.269 e. The van der Waals surface area contributed by atoms with Crippen LogP contribution in [0.3, 0.4) is 0 Å². The summed E-state index contributed by atoms with van der Waals surface area (Å²) in [7, 11) is 4.89. The Hall–Kier alpha value is -2.94. The molecular weight excluding hydrogens is 294 g/mol. The highest BCUT2D eigenvalue weighted by Gasteiger charge is 2.17. The molecule has 0 bridgehead atoms. The SMILES string of the molecule is C#CCCNC(=O)c1cc(-c2cc(OC)ccc2OC)nn1C. The monoisotopic (exact) mass is 313 g/mol. The molecule has 1 aromatic heterocycles. The van der Waals surface area contributed by atoms with Gasteiger partial charge in [0.25, 0.3) is 5.91 Å². The number of aryl methyl sites for hydroxylation is 1. The van der Waals surface area contributed by atoms with Crippen molar-refractivity contribution in [3.05, 3.63) is 30.0 Å². The molecule has 1 heterocycles. The molecular formula is C17H19N3O3. The van der Waals surface area contributed by atoms with Crippen molar-refractivity contribution in [1.29, 1.82) is 0 Å². The lowest BCUT2D eigenvalue weighted by atomic mass is 10.1. The number of ether oxygens (including phenoxy) is 2. The Kier molecular flexibility index (Phi) is 5.26. The van der Waals surface area contributed by atoms with E-state index in [2.05, 4.69) is 16.3 Å². The van der Waals surface area contributed by atoms with Crippen LogP contribution in [-0.2, 0) is 7.05 Å². The van der Waals surface area contributed by atoms with Crippen LogP contribution in [-0.4, -0.2) is 36.5 Å². The normalized spacial score (nSPS) is 10.0. The van der Waals surface area contributed by atoms with E-state index in [4.69, 9.17) is 15.9 Å². The van der Waals surface area contributed by atoms with Gasteiger partial charge in [-0.25, -0.2) is 0 Å². The van der Waals surface area contributed by atoms with E-state index in [9.17, 15) is 4.79 Å². The van der Waals surface area contributed by atoms with Gasteiger partial charge in [0, 0.05) is 25.6 Å². The van der Waals surface area contributed by atoms with Gasteiger partial charge >= 0.3 is 0 Å². The van der Waals surface area contributed by atoms with Gasteiger partial charge in [-0.05, 0) is 24.3 Å². The molecule has 1 aromatic carbocycles. The fourth-order valence-corrected chi connectivity index (χ4v) is 2.16. The number of aromatic nitrogens is 2.